The lowest BCUT2D eigenvalue weighted by Crippen LogP contribution is -2.14. The van der Waals surface area contributed by atoms with Crippen LogP contribution in [0.4, 0.5) is 24.6 Å². The fourth-order valence-corrected chi connectivity index (χ4v) is 3.51. The Morgan fingerprint density at radius 2 is 1.83 bits per heavy atom. The summed E-state index contributed by atoms with van der Waals surface area (Å²) in [5.74, 6) is -1.85. The SMILES string of the molecule is Cc1csc(NC(=O)c2nc(C)sc2Nc2cc(F)cc(F)c2)n1. The fraction of sp³-hybridized carbons (Fsp3) is 0.133. The molecule has 0 aliphatic carbocycles. The number of benzene rings is 1. The number of aryl methyl sites for hydroxylation is 2. The molecule has 0 atom stereocenters. The number of carbonyl (C=O) groups excluding carboxylic acids is 1. The number of hydrogen-bond acceptors (Lipinski definition) is 6. The van der Waals surface area contributed by atoms with Crippen molar-refractivity contribution in [2.75, 3.05) is 10.6 Å². The third-order valence-corrected chi connectivity index (χ3v) is 4.67. The van der Waals surface area contributed by atoms with Crippen molar-refractivity contribution in [2.24, 2.45) is 0 Å². The lowest BCUT2D eigenvalue weighted by atomic mass is 10.3. The van der Waals surface area contributed by atoms with Gasteiger partial charge in [-0.2, -0.15) is 0 Å². The number of nitrogens with one attached hydrogen (secondary N) is 2. The quantitative estimate of drug-likeness (QED) is 0.714. The van der Waals surface area contributed by atoms with Gasteiger partial charge in [-0.3, -0.25) is 10.1 Å². The van der Waals surface area contributed by atoms with Crippen LogP contribution in [0.5, 0.6) is 0 Å². The molecular weight excluding hydrogens is 354 g/mol. The second-order valence-corrected chi connectivity index (χ2v) is 7.00. The Bertz CT molecular complexity index is 887. The Balaban J connectivity index is 1.85. The van der Waals surface area contributed by atoms with Crippen LogP contribution in [0.15, 0.2) is 23.6 Å². The second kappa shape index (κ2) is 6.62. The molecule has 0 aliphatic heterocycles. The van der Waals surface area contributed by atoms with Gasteiger partial charge >= 0.3 is 0 Å². The topological polar surface area (TPSA) is 66.9 Å². The first-order chi connectivity index (χ1) is 11.4. The maximum Gasteiger partial charge on any atom is 0.279 e. The van der Waals surface area contributed by atoms with E-state index < -0.39 is 17.5 Å². The van der Waals surface area contributed by atoms with Crippen LogP contribution in [-0.2, 0) is 0 Å². The Labute approximate surface area is 144 Å². The number of nitrogens with zero attached hydrogens (tertiary/aromatic N) is 2. The zero-order chi connectivity index (χ0) is 17.3. The van der Waals surface area contributed by atoms with Crippen molar-refractivity contribution in [3.63, 3.8) is 0 Å². The van der Waals surface area contributed by atoms with Crippen LogP contribution in [0.1, 0.15) is 21.2 Å². The van der Waals surface area contributed by atoms with Crippen molar-refractivity contribution >= 4 is 44.4 Å². The zero-order valence-electron chi connectivity index (χ0n) is 12.7. The Morgan fingerprint density at radius 3 is 2.46 bits per heavy atom. The monoisotopic (exact) mass is 366 g/mol. The number of halogens is 2. The summed E-state index contributed by atoms with van der Waals surface area (Å²) in [7, 11) is 0. The average molecular weight is 366 g/mol. The Kier molecular flexibility index (Phi) is 4.54. The first-order valence-electron chi connectivity index (χ1n) is 6.85. The molecule has 0 saturated carbocycles. The summed E-state index contributed by atoms with van der Waals surface area (Å²) in [6, 6.07) is 3.07. The third-order valence-electron chi connectivity index (χ3n) is 2.91. The summed E-state index contributed by atoms with van der Waals surface area (Å²) in [5.41, 5.74) is 1.16. The Morgan fingerprint density at radius 1 is 1.12 bits per heavy atom. The van der Waals surface area contributed by atoms with Crippen molar-refractivity contribution in [2.45, 2.75) is 13.8 Å². The minimum absolute atomic E-state index is 0.148. The van der Waals surface area contributed by atoms with E-state index in [9.17, 15) is 13.6 Å². The number of amides is 1. The van der Waals surface area contributed by atoms with Gasteiger partial charge in [-0.25, -0.2) is 18.7 Å². The molecule has 1 aromatic carbocycles. The molecule has 0 aliphatic rings. The van der Waals surface area contributed by atoms with E-state index in [4.69, 9.17) is 0 Å². The van der Waals surface area contributed by atoms with Gasteiger partial charge in [0.1, 0.15) is 16.6 Å². The maximum atomic E-state index is 13.3. The van der Waals surface area contributed by atoms with E-state index in [0.29, 0.717) is 15.1 Å². The predicted octanol–water partition coefficient (Wildman–Crippen LogP) is 4.49. The molecule has 124 valence electrons. The standard InChI is InChI=1S/C15H12F2N4OS2/c1-7-6-23-15(18-7)21-13(22)12-14(24-8(2)19-12)20-11-4-9(16)3-10(17)5-11/h3-6,20H,1-2H3,(H,18,21,22). The fourth-order valence-electron chi connectivity index (χ4n) is 1.99. The van der Waals surface area contributed by atoms with Gasteiger partial charge in [0.2, 0.25) is 0 Å². The van der Waals surface area contributed by atoms with E-state index in [-0.39, 0.29) is 11.4 Å². The summed E-state index contributed by atoms with van der Waals surface area (Å²) in [6.45, 7) is 3.57. The van der Waals surface area contributed by atoms with Crippen molar-refractivity contribution in [3.05, 3.63) is 51.6 Å². The van der Waals surface area contributed by atoms with E-state index in [1.54, 1.807) is 6.92 Å². The summed E-state index contributed by atoms with van der Waals surface area (Å²) in [4.78, 5) is 20.7. The van der Waals surface area contributed by atoms with E-state index in [0.717, 1.165) is 23.9 Å². The van der Waals surface area contributed by atoms with Gasteiger partial charge in [-0.05, 0) is 26.0 Å². The molecule has 5 nitrogen and oxygen atoms in total. The number of thiazole rings is 2. The highest BCUT2D eigenvalue weighted by Crippen LogP contribution is 2.29. The largest absolute Gasteiger partial charge is 0.345 e. The third kappa shape index (κ3) is 3.74. The summed E-state index contributed by atoms with van der Waals surface area (Å²) in [6.07, 6.45) is 0. The molecule has 1 amide bonds. The van der Waals surface area contributed by atoms with Gasteiger partial charge in [0.25, 0.3) is 5.91 Å². The van der Waals surface area contributed by atoms with Crippen LogP contribution in [-0.4, -0.2) is 15.9 Å². The molecule has 0 spiro atoms. The van der Waals surface area contributed by atoms with E-state index >= 15 is 0 Å². The molecule has 24 heavy (non-hydrogen) atoms. The normalized spacial score (nSPS) is 10.7. The number of carbonyl (C=O) groups is 1. The van der Waals surface area contributed by atoms with Crippen molar-refractivity contribution in [1.82, 2.24) is 9.97 Å². The van der Waals surface area contributed by atoms with Crippen molar-refractivity contribution < 1.29 is 13.6 Å². The molecule has 0 fully saturated rings. The number of hydrogen-bond donors (Lipinski definition) is 2. The van der Waals surface area contributed by atoms with Gasteiger partial charge in [0, 0.05) is 17.1 Å². The van der Waals surface area contributed by atoms with Gasteiger partial charge in [0.15, 0.2) is 10.8 Å². The summed E-state index contributed by atoms with van der Waals surface area (Å²) < 4.78 is 26.6. The molecule has 2 heterocycles. The number of aromatic nitrogens is 2. The summed E-state index contributed by atoms with van der Waals surface area (Å²) in [5, 5.41) is 8.84. The molecule has 2 aromatic heterocycles. The first-order valence-corrected chi connectivity index (χ1v) is 8.54. The minimum Gasteiger partial charge on any atom is -0.345 e. The summed E-state index contributed by atoms with van der Waals surface area (Å²) >= 11 is 2.53. The molecule has 0 unspecified atom stereocenters. The highest BCUT2D eigenvalue weighted by molar-refractivity contribution is 7.16. The molecule has 3 rings (SSSR count). The highest BCUT2D eigenvalue weighted by Gasteiger charge is 2.19. The van der Waals surface area contributed by atoms with E-state index in [1.165, 1.54) is 22.7 Å². The molecule has 0 radical (unpaired) electrons. The van der Waals surface area contributed by atoms with Crippen molar-refractivity contribution in [3.8, 4) is 0 Å². The molecule has 2 N–H and O–H groups in total. The van der Waals surface area contributed by atoms with Crippen LogP contribution < -0.4 is 10.6 Å². The second-order valence-electron chi connectivity index (χ2n) is 4.94. The van der Waals surface area contributed by atoms with Crippen LogP contribution in [0.2, 0.25) is 0 Å². The lowest BCUT2D eigenvalue weighted by Gasteiger charge is -2.06. The van der Waals surface area contributed by atoms with E-state index in [2.05, 4.69) is 20.6 Å². The smallest absolute Gasteiger partial charge is 0.279 e. The van der Waals surface area contributed by atoms with Gasteiger partial charge in [-0.15, -0.1) is 22.7 Å². The number of rotatable bonds is 4. The highest BCUT2D eigenvalue weighted by atomic mass is 32.1. The Hall–Kier alpha value is -2.39. The van der Waals surface area contributed by atoms with Crippen LogP contribution in [0.25, 0.3) is 0 Å². The lowest BCUT2D eigenvalue weighted by molar-refractivity contribution is 0.102. The average Bonchev–Trinajstić information content (AvgIpc) is 3.03. The molecular formula is C15H12F2N4OS2. The molecule has 0 saturated heterocycles. The molecule has 3 aromatic rings. The predicted molar refractivity (Wildman–Crippen MR) is 91.3 cm³/mol. The molecule has 9 heteroatoms. The van der Waals surface area contributed by atoms with Crippen LogP contribution in [0.3, 0.4) is 0 Å². The van der Waals surface area contributed by atoms with Gasteiger partial charge < -0.3 is 5.32 Å². The first kappa shape index (κ1) is 16.5. The number of anilines is 3. The van der Waals surface area contributed by atoms with Crippen LogP contribution >= 0.6 is 22.7 Å². The van der Waals surface area contributed by atoms with Crippen LogP contribution in [0, 0.1) is 25.5 Å². The minimum atomic E-state index is -0.706. The molecule has 0 bridgehead atoms. The van der Waals surface area contributed by atoms with Crippen molar-refractivity contribution in [1.29, 1.82) is 0 Å². The van der Waals surface area contributed by atoms with E-state index in [1.807, 2.05) is 12.3 Å². The van der Waals surface area contributed by atoms with Gasteiger partial charge in [-0.1, -0.05) is 0 Å². The maximum absolute atomic E-state index is 13.3. The zero-order valence-corrected chi connectivity index (χ0v) is 14.3. The van der Waals surface area contributed by atoms with Gasteiger partial charge in [0.05, 0.1) is 10.7 Å².